The molecule has 0 fully saturated rings. The summed E-state index contributed by atoms with van der Waals surface area (Å²) in [4.78, 5) is 1.14. The lowest BCUT2D eigenvalue weighted by Gasteiger charge is -2.17. The van der Waals surface area contributed by atoms with E-state index in [4.69, 9.17) is 21.1 Å². The Morgan fingerprint density at radius 2 is 1.92 bits per heavy atom. The number of benzene rings is 2. The topological polar surface area (TPSA) is 30.5 Å². The van der Waals surface area contributed by atoms with Gasteiger partial charge in [0.1, 0.15) is 6.61 Å². The van der Waals surface area contributed by atoms with Crippen molar-refractivity contribution in [1.82, 2.24) is 5.32 Å². The summed E-state index contributed by atoms with van der Waals surface area (Å²) in [6.07, 6.45) is 0. The van der Waals surface area contributed by atoms with Gasteiger partial charge in [0, 0.05) is 17.5 Å². The molecular weight excluding hydrogens is 366 g/mol. The zero-order valence-electron chi connectivity index (χ0n) is 14.9. The van der Waals surface area contributed by atoms with E-state index >= 15 is 0 Å². The summed E-state index contributed by atoms with van der Waals surface area (Å²) in [7, 11) is 1.63. The van der Waals surface area contributed by atoms with Crippen molar-refractivity contribution in [2.45, 2.75) is 26.1 Å². The number of hydrogen-bond acceptors (Lipinski definition) is 4. The summed E-state index contributed by atoms with van der Waals surface area (Å²) in [6.45, 7) is 3.32. The summed E-state index contributed by atoms with van der Waals surface area (Å²) in [5.74, 6) is 1.24. The van der Waals surface area contributed by atoms with Crippen molar-refractivity contribution in [2.24, 2.45) is 0 Å². The molecule has 0 saturated heterocycles. The van der Waals surface area contributed by atoms with Crippen LogP contribution in [-0.2, 0) is 13.2 Å². The number of hydrogen-bond donors (Lipinski definition) is 1. The van der Waals surface area contributed by atoms with Gasteiger partial charge in [0.15, 0.2) is 11.5 Å². The molecule has 0 aliphatic heterocycles. The molecule has 3 rings (SSSR count). The van der Waals surface area contributed by atoms with Gasteiger partial charge in [-0.3, -0.25) is 0 Å². The minimum atomic E-state index is 0.246. The van der Waals surface area contributed by atoms with Crippen LogP contribution in [0.3, 0.4) is 0 Å². The van der Waals surface area contributed by atoms with Crippen LogP contribution in [0.4, 0.5) is 0 Å². The van der Waals surface area contributed by atoms with Gasteiger partial charge >= 0.3 is 0 Å². The van der Waals surface area contributed by atoms with Crippen LogP contribution in [0.5, 0.6) is 11.5 Å². The Balaban J connectivity index is 1.67. The average molecular weight is 388 g/mol. The fourth-order valence-corrected chi connectivity index (χ4v) is 3.59. The highest BCUT2D eigenvalue weighted by Gasteiger charge is 2.13. The van der Waals surface area contributed by atoms with Crippen LogP contribution in [0.2, 0.25) is 5.02 Å². The van der Waals surface area contributed by atoms with Crippen molar-refractivity contribution >= 4 is 22.9 Å². The Morgan fingerprint density at radius 1 is 1.12 bits per heavy atom. The third kappa shape index (κ3) is 4.79. The largest absolute Gasteiger partial charge is 0.493 e. The number of nitrogens with one attached hydrogen (secondary N) is 1. The normalized spacial score (nSPS) is 12.0. The first-order valence-corrected chi connectivity index (χ1v) is 9.73. The highest BCUT2D eigenvalue weighted by atomic mass is 35.5. The number of rotatable bonds is 8. The van der Waals surface area contributed by atoms with Crippen LogP contribution in [0.25, 0.3) is 0 Å². The minimum absolute atomic E-state index is 0.246. The van der Waals surface area contributed by atoms with Crippen molar-refractivity contribution in [3.63, 3.8) is 0 Å². The summed E-state index contributed by atoms with van der Waals surface area (Å²) in [5, 5.41) is 6.10. The van der Waals surface area contributed by atoms with Gasteiger partial charge in [-0.2, -0.15) is 0 Å². The lowest BCUT2D eigenvalue weighted by atomic mass is 10.1. The van der Waals surface area contributed by atoms with E-state index in [1.165, 1.54) is 5.56 Å². The lowest BCUT2D eigenvalue weighted by molar-refractivity contribution is 0.287. The van der Waals surface area contributed by atoms with Gasteiger partial charge in [0.25, 0.3) is 0 Å². The molecule has 0 radical (unpaired) electrons. The Kier molecular flexibility index (Phi) is 6.56. The highest BCUT2D eigenvalue weighted by Crippen LogP contribution is 2.37. The van der Waals surface area contributed by atoms with Gasteiger partial charge in [-0.1, -0.05) is 48.0 Å². The Labute approximate surface area is 163 Å². The van der Waals surface area contributed by atoms with Crippen molar-refractivity contribution in [3.8, 4) is 11.5 Å². The molecule has 0 saturated carbocycles. The summed E-state index contributed by atoms with van der Waals surface area (Å²) >= 11 is 8.11. The predicted octanol–water partition coefficient (Wildman–Crippen LogP) is 5.84. The summed E-state index contributed by atoms with van der Waals surface area (Å²) < 4.78 is 11.4. The molecule has 1 N–H and O–H groups in total. The molecular formula is C21H22ClNO2S. The SMILES string of the molecule is COc1cc(CNC(C)c2ccccc2)cc(Cl)c1OCc1cccs1. The van der Waals surface area contributed by atoms with E-state index < -0.39 is 0 Å². The smallest absolute Gasteiger partial charge is 0.180 e. The maximum absolute atomic E-state index is 6.46. The number of ether oxygens (including phenoxy) is 2. The fourth-order valence-electron chi connectivity index (χ4n) is 2.68. The zero-order valence-corrected chi connectivity index (χ0v) is 16.4. The minimum Gasteiger partial charge on any atom is -0.493 e. The molecule has 2 aromatic carbocycles. The molecule has 136 valence electrons. The first kappa shape index (κ1) is 18.8. The molecule has 1 heterocycles. The molecule has 1 aromatic heterocycles. The van der Waals surface area contributed by atoms with E-state index in [2.05, 4.69) is 24.4 Å². The second-order valence-corrected chi connectivity index (χ2v) is 7.43. The third-order valence-electron chi connectivity index (χ3n) is 4.14. The quantitative estimate of drug-likeness (QED) is 0.526. The van der Waals surface area contributed by atoms with Crippen molar-refractivity contribution < 1.29 is 9.47 Å². The van der Waals surface area contributed by atoms with Gasteiger partial charge < -0.3 is 14.8 Å². The van der Waals surface area contributed by atoms with E-state index in [-0.39, 0.29) is 6.04 Å². The van der Waals surface area contributed by atoms with E-state index in [1.54, 1.807) is 18.4 Å². The van der Waals surface area contributed by atoms with Crippen LogP contribution in [-0.4, -0.2) is 7.11 Å². The van der Waals surface area contributed by atoms with Crippen molar-refractivity contribution in [3.05, 3.63) is 81.0 Å². The van der Waals surface area contributed by atoms with E-state index in [1.807, 2.05) is 47.8 Å². The lowest BCUT2D eigenvalue weighted by Crippen LogP contribution is -2.18. The Morgan fingerprint density at radius 3 is 2.62 bits per heavy atom. The molecule has 3 aromatic rings. The molecule has 26 heavy (non-hydrogen) atoms. The Bertz CT molecular complexity index is 822. The van der Waals surface area contributed by atoms with Gasteiger partial charge in [-0.05, 0) is 41.6 Å². The van der Waals surface area contributed by atoms with Crippen LogP contribution in [0, 0.1) is 0 Å². The zero-order chi connectivity index (χ0) is 18.4. The van der Waals surface area contributed by atoms with E-state index in [0.29, 0.717) is 29.7 Å². The summed E-state index contributed by atoms with van der Waals surface area (Å²) in [6, 6.07) is 18.5. The van der Waals surface area contributed by atoms with Crippen LogP contribution < -0.4 is 14.8 Å². The number of halogens is 1. The monoisotopic (exact) mass is 387 g/mol. The molecule has 0 aliphatic rings. The molecule has 0 aliphatic carbocycles. The van der Waals surface area contributed by atoms with Crippen molar-refractivity contribution in [2.75, 3.05) is 7.11 Å². The molecule has 0 spiro atoms. The first-order valence-electron chi connectivity index (χ1n) is 8.47. The maximum Gasteiger partial charge on any atom is 0.180 e. The van der Waals surface area contributed by atoms with E-state index in [0.717, 1.165) is 10.4 Å². The van der Waals surface area contributed by atoms with Crippen LogP contribution >= 0.6 is 22.9 Å². The number of methoxy groups -OCH3 is 1. The Hall–Kier alpha value is -2.01. The molecule has 0 amide bonds. The maximum atomic E-state index is 6.46. The standard InChI is InChI=1S/C21H22ClNO2S/c1-15(17-7-4-3-5-8-17)23-13-16-11-19(22)21(20(12-16)24-2)25-14-18-9-6-10-26-18/h3-12,15,23H,13-14H2,1-2H3. The van der Waals surface area contributed by atoms with Gasteiger partial charge in [-0.15, -0.1) is 11.3 Å². The second-order valence-electron chi connectivity index (χ2n) is 5.99. The van der Waals surface area contributed by atoms with Crippen molar-refractivity contribution in [1.29, 1.82) is 0 Å². The molecule has 5 heteroatoms. The summed E-state index contributed by atoms with van der Waals surface area (Å²) in [5.41, 5.74) is 2.31. The first-order chi connectivity index (χ1) is 12.7. The molecule has 3 nitrogen and oxygen atoms in total. The molecule has 0 bridgehead atoms. The predicted molar refractivity (Wildman–Crippen MR) is 108 cm³/mol. The van der Waals surface area contributed by atoms with E-state index in [9.17, 15) is 0 Å². The highest BCUT2D eigenvalue weighted by molar-refractivity contribution is 7.09. The van der Waals surface area contributed by atoms with Crippen LogP contribution in [0.15, 0.2) is 60.0 Å². The molecule has 1 unspecified atom stereocenters. The van der Waals surface area contributed by atoms with Gasteiger partial charge in [0.2, 0.25) is 0 Å². The third-order valence-corrected chi connectivity index (χ3v) is 5.27. The fraction of sp³-hybridized carbons (Fsp3) is 0.238. The molecule has 1 atom stereocenters. The van der Waals surface area contributed by atoms with Gasteiger partial charge in [0.05, 0.1) is 12.1 Å². The van der Waals surface area contributed by atoms with Gasteiger partial charge in [-0.25, -0.2) is 0 Å². The number of thiophene rings is 1. The van der Waals surface area contributed by atoms with Crippen LogP contribution in [0.1, 0.15) is 29.0 Å². The second kappa shape index (κ2) is 9.08. The average Bonchev–Trinajstić information content (AvgIpc) is 3.19.